The molecule has 5 nitrogen and oxygen atoms in total. The van der Waals surface area contributed by atoms with Gasteiger partial charge in [-0.05, 0) is 38.4 Å². The van der Waals surface area contributed by atoms with Crippen LogP contribution in [0.2, 0.25) is 0 Å². The summed E-state index contributed by atoms with van der Waals surface area (Å²) in [5.41, 5.74) is 0.860. The van der Waals surface area contributed by atoms with E-state index in [1.165, 1.54) is 19.4 Å². The van der Waals surface area contributed by atoms with Crippen LogP contribution in [-0.2, 0) is 6.42 Å². The van der Waals surface area contributed by atoms with Crippen LogP contribution in [0.1, 0.15) is 18.7 Å². The molecule has 0 bridgehead atoms. The number of ether oxygens (including phenoxy) is 1. The van der Waals surface area contributed by atoms with Gasteiger partial charge < -0.3 is 9.64 Å². The first-order valence-corrected chi connectivity index (χ1v) is 6.83. The largest absolute Gasteiger partial charge is 0.481 e. The molecule has 2 aromatic rings. The van der Waals surface area contributed by atoms with Crippen LogP contribution in [0.5, 0.6) is 5.88 Å². The van der Waals surface area contributed by atoms with Crippen LogP contribution in [0.15, 0.2) is 18.2 Å². The molecule has 0 spiro atoms. The number of hydrogen-bond acceptors (Lipinski definition) is 4. The molecule has 0 saturated carbocycles. The maximum absolute atomic E-state index is 5.30. The predicted octanol–water partition coefficient (Wildman–Crippen LogP) is 1.62. The zero-order valence-electron chi connectivity index (χ0n) is 11.5. The molecule has 102 valence electrons. The highest BCUT2D eigenvalue weighted by Crippen LogP contribution is 2.20. The van der Waals surface area contributed by atoms with E-state index in [0.29, 0.717) is 5.92 Å². The number of pyridine rings is 1. The Hall–Kier alpha value is -1.62. The van der Waals surface area contributed by atoms with Crippen LogP contribution < -0.4 is 4.74 Å². The van der Waals surface area contributed by atoms with Gasteiger partial charge in [-0.1, -0.05) is 6.07 Å². The van der Waals surface area contributed by atoms with Crippen LogP contribution in [0.4, 0.5) is 0 Å². The average Bonchev–Trinajstić information content (AvgIpc) is 2.80. The fourth-order valence-electron chi connectivity index (χ4n) is 2.86. The van der Waals surface area contributed by atoms with Crippen LogP contribution in [-0.4, -0.2) is 46.7 Å². The van der Waals surface area contributed by atoms with Gasteiger partial charge in [0.15, 0.2) is 11.5 Å². The first kappa shape index (κ1) is 12.4. The summed E-state index contributed by atoms with van der Waals surface area (Å²) >= 11 is 0. The molecule has 1 unspecified atom stereocenters. The second-order valence-corrected chi connectivity index (χ2v) is 5.34. The number of piperidine rings is 1. The summed E-state index contributed by atoms with van der Waals surface area (Å²) < 4.78 is 7.08. The van der Waals surface area contributed by atoms with E-state index in [9.17, 15) is 0 Å². The predicted molar refractivity (Wildman–Crippen MR) is 73.5 cm³/mol. The van der Waals surface area contributed by atoms with E-state index >= 15 is 0 Å². The number of nitrogens with zero attached hydrogens (tertiary/aromatic N) is 4. The lowest BCUT2D eigenvalue weighted by Crippen LogP contribution is -2.33. The molecule has 3 rings (SSSR count). The number of aromatic nitrogens is 3. The quantitative estimate of drug-likeness (QED) is 0.841. The molecule has 2 aromatic heterocycles. The van der Waals surface area contributed by atoms with Crippen LogP contribution in [0, 0.1) is 5.92 Å². The lowest BCUT2D eigenvalue weighted by atomic mass is 9.95. The van der Waals surface area contributed by atoms with Gasteiger partial charge >= 0.3 is 0 Å². The Labute approximate surface area is 113 Å². The van der Waals surface area contributed by atoms with Crippen molar-refractivity contribution in [2.24, 2.45) is 5.92 Å². The van der Waals surface area contributed by atoms with Crippen molar-refractivity contribution in [1.29, 1.82) is 0 Å². The fourth-order valence-corrected chi connectivity index (χ4v) is 2.86. The van der Waals surface area contributed by atoms with Crippen molar-refractivity contribution in [2.75, 3.05) is 27.2 Å². The summed E-state index contributed by atoms with van der Waals surface area (Å²) in [6, 6.07) is 5.81. The first-order chi connectivity index (χ1) is 9.26. The van der Waals surface area contributed by atoms with Gasteiger partial charge in [0.1, 0.15) is 0 Å². The second kappa shape index (κ2) is 5.17. The summed E-state index contributed by atoms with van der Waals surface area (Å²) in [5.74, 6) is 2.32. The minimum absolute atomic E-state index is 0.669. The second-order valence-electron chi connectivity index (χ2n) is 5.34. The molecule has 0 aliphatic carbocycles. The number of hydrogen-bond donors (Lipinski definition) is 0. The normalized spacial score (nSPS) is 20.8. The van der Waals surface area contributed by atoms with Crippen molar-refractivity contribution >= 4 is 5.65 Å². The molecular formula is C14H20N4O. The Morgan fingerprint density at radius 1 is 1.42 bits per heavy atom. The molecule has 1 saturated heterocycles. The molecular weight excluding hydrogens is 240 g/mol. The summed E-state index contributed by atoms with van der Waals surface area (Å²) in [5, 5.41) is 4.56. The maximum Gasteiger partial charge on any atom is 0.216 e. The van der Waals surface area contributed by atoms with E-state index in [4.69, 9.17) is 4.74 Å². The van der Waals surface area contributed by atoms with E-state index in [0.717, 1.165) is 30.3 Å². The molecule has 1 aliphatic rings. The van der Waals surface area contributed by atoms with E-state index in [2.05, 4.69) is 22.0 Å². The summed E-state index contributed by atoms with van der Waals surface area (Å²) in [4.78, 5) is 6.99. The van der Waals surface area contributed by atoms with E-state index in [-0.39, 0.29) is 0 Å². The number of fused-ring (bicyclic) bond motifs is 1. The van der Waals surface area contributed by atoms with Gasteiger partial charge in [-0.2, -0.15) is 4.52 Å². The van der Waals surface area contributed by atoms with Crippen LogP contribution in [0.25, 0.3) is 5.65 Å². The van der Waals surface area contributed by atoms with Crippen LogP contribution in [0.3, 0.4) is 0 Å². The number of methoxy groups -OCH3 is 1. The Kier molecular flexibility index (Phi) is 3.38. The number of rotatable bonds is 3. The highest BCUT2D eigenvalue weighted by Gasteiger charge is 2.19. The average molecular weight is 260 g/mol. The van der Waals surface area contributed by atoms with Gasteiger partial charge in [0.05, 0.1) is 7.11 Å². The summed E-state index contributed by atoms with van der Waals surface area (Å²) in [6.45, 7) is 2.36. The summed E-state index contributed by atoms with van der Waals surface area (Å²) in [7, 11) is 3.85. The van der Waals surface area contributed by atoms with E-state index in [1.807, 2.05) is 18.2 Å². The Morgan fingerprint density at radius 3 is 3.11 bits per heavy atom. The summed E-state index contributed by atoms with van der Waals surface area (Å²) in [6.07, 6.45) is 3.50. The molecule has 1 aliphatic heterocycles. The van der Waals surface area contributed by atoms with E-state index < -0.39 is 0 Å². The zero-order chi connectivity index (χ0) is 13.2. The third-order valence-corrected chi connectivity index (χ3v) is 3.77. The number of likely N-dealkylation sites (tertiary alicyclic amines) is 1. The third-order valence-electron chi connectivity index (χ3n) is 3.77. The Morgan fingerprint density at radius 2 is 2.32 bits per heavy atom. The molecule has 0 amide bonds. The lowest BCUT2D eigenvalue weighted by Gasteiger charge is -2.28. The molecule has 1 fully saturated rings. The first-order valence-electron chi connectivity index (χ1n) is 6.83. The zero-order valence-corrected chi connectivity index (χ0v) is 11.5. The molecule has 3 heterocycles. The molecule has 5 heteroatoms. The molecule has 0 aromatic carbocycles. The van der Waals surface area contributed by atoms with Gasteiger partial charge in [0.2, 0.25) is 5.88 Å². The Bertz CT molecular complexity index is 566. The highest BCUT2D eigenvalue weighted by molar-refractivity contribution is 5.40. The van der Waals surface area contributed by atoms with Crippen molar-refractivity contribution in [1.82, 2.24) is 19.5 Å². The fraction of sp³-hybridized carbons (Fsp3) is 0.571. The van der Waals surface area contributed by atoms with Crippen molar-refractivity contribution in [3.05, 3.63) is 24.0 Å². The topological polar surface area (TPSA) is 42.7 Å². The highest BCUT2D eigenvalue weighted by atomic mass is 16.5. The van der Waals surface area contributed by atoms with Gasteiger partial charge in [-0.25, -0.2) is 4.98 Å². The van der Waals surface area contributed by atoms with Gasteiger partial charge in [0, 0.05) is 19.0 Å². The minimum atomic E-state index is 0.669. The standard InChI is InChI=1S/C14H20N4O/c1-17-8-4-5-11(10-17)9-12-15-13-6-3-7-14(19-2)18(13)16-12/h3,6-7,11H,4-5,8-10H2,1-2H3. The monoisotopic (exact) mass is 260 g/mol. The van der Waals surface area contributed by atoms with Crippen molar-refractivity contribution < 1.29 is 4.74 Å². The minimum Gasteiger partial charge on any atom is -0.481 e. The van der Waals surface area contributed by atoms with Gasteiger partial charge in [0.25, 0.3) is 0 Å². The van der Waals surface area contributed by atoms with Crippen molar-refractivity contribution in [3.63, 3.8) is 0 Å². The lowest BCUT2D eigenvalue weighted by molar-refractivity contribution is 0.207. The third kappa shape index (κ3) is 2.56. The molecule has 1 atom stereocenters. The van der Waals surface area contributed by atoms with E-state index in [1.54, 1.807) is 11.6 Å². The molecule has 0 N–H and O–H groups in total. The SMILES string of the molecule is COc1cccc2nc(CC3CCCN(C)C3)nn12. The van der Waals surface area contributed by atoms with Crippen molar-refractivity contribution in [3.8, 4) is 5.88 Å². The smallest absolute Gasteiger partial charge is 0.216 e. The van der Waals surface area contributed by atoms with Gasteiger partial charge in [-0.15, -0.1) is 5.10 Å². The Balaban J connectivity index is 1.81. The van der Waals surface area contributed by atoms with Crippen LogP contribution >= 0.6 is 0 Å². The van der Waals surface area contributed by atoms with Gasteiger partial charge in [-0.3, -0.25) is 0 Å². The van der Waals surface area contributed by atoms with Crippen molar-refractivity contribution in [2.45, 2.75) is 19.3 Å². The molecule has 0 radical (unpaired) electrons. The maximum atomic E-state index is 5.30. The molecule has 19 heavy (non-hydrogen) atoms.